The monoisotopic (exact) mass is 589 g/mol. The van der Waals surface area contributed by atoms with Crippen LogP contribution in [0, 0.1) is 0 Å². The van der Waals surface area contributed by atoms with Crippen LogP contribution in [-0.2, 0) is 23.1 Å². The lowest BCUT2D eigenvalue weighted by atomic mass is 10.1. The highest BCUT2D eigenvalue weighted by Gasteiger charge is 2.50. The third-order valence-corrected chi connectivity index (χ3v) is 7.32. The molecule has 2 aliphatic heterocycles. The van der Waals surface area contributed by atoms with E-state index in [1.807, 2.05) is 4.98 Å². The molecular formula is C19H24N7O13P. The SMILES string of the molecule is Nc1nc2c(ncn2[C@@H]2O[C@H](CO)[C@H](OP(=O)(O)OC[C@@H]3O[C@H](n4ccc(=O)[nH]c4=O)[C@H](O)[C@@H]3O)[C@@H]2O)c(=O)[nH]1. The smallest absolute Gasteiger partial charge is 0.394 e. The number of fused-ring (bicyclic) bond motifs is 1. The molecule has 9 N–H and O–H groups in total. The number of nitrogens with one attached hydrogen (secondary N) is 2. The van der Waals surface area contributed by atoms with E-state index in [0.717, 1.165) is 27.7 Å². The van der Waals surface area contributed by atoms with Crippen LogP contribution >= 0.6 is 7.82 Å². The molecule has 0 saturated carbocycles. The van der Waals surface area contributed by atoms with Gasteiger partial charge in [0.05, 0.1) is 19.5 Å². The highest BCUT2D eigenvalue weighted by atomic mass is 31.2. The molecule has 5 rings (SSSR count). The first kappa shape index (κ1) is 28.2. The van der Waals surface area contributed by atoms with Crippen molar-refractivity contribution in [1.29, 1.82) is 0 Å². The van der Waals surface area contributed by atoms with Crippen molar-refractivity contribution >= 4 is 24.9 Å². The molecule has 2 saturated heterocycles. The zero-order chi connectivity index (χ0) is 28.9. The number of nitrogens with two attached hydrogens (primary N) is 1. The van der Waals surface area contributed by atoms with E-state index in [2.05, 4.69) is 15.0 Å². The van der Waals surface area contributed by atoms with Gasteiger partial charge in [0.25, 0.3) is 11.1 Å². The standard InChI is InChI=1S/C19H24N7O13P/c20-18-23-14-9(15(32)24-18)21-5-26(14)17-12(31)13(6(3-27)37-17)39-40(34,35)36-4-7-10(29)11(30)16(38-7)25-2-1-8(28)22-19(25)33/h1-2,5-7,10-13,16-17,27,29-31H,3-4H2,(H,34,35)(H,22,28,33)(H3,20,23,24,32)/t6-,7+,10-,11-,12+,13+,16+,17-/m1/s1. The van der Waals surface area contributed by atoms with Gasteiger partial charge in [0.15, 0.2) is 23.6 Å². The maximum Gasteiger partial charge on any atom is 0.472 e. The summed E-state index contributed by atoms with van der Waals surface area (Å²) in [5.41, 5.74) is 3.06. The van der Waals surface area contributed by atoms with Crippen LogP contribution in [0.1, 0.15) is 12.5 Å². The minimum absolute atomic E-state index is 0.0758. The number of aromatic amines is 2. The first-order valence-corrected chi connectivity index (χ1v) is 13.0. The van der Waals surface area contributed by atoms with E-state index in [-0.39, 0.29) is 17.1 Å². The van der Waals surface area contributed by atoms with Gasteiger partial charge in [-0.25, -0.2) is 14.3 Å². The Morgan fingerprint density at radius 3 is 2.45 bits per heavy atom. The van der Waals surface area contributed by atoms with Gasteiger partial charge in [-0.1, -0.05) is 0 Å². The van der Waals surface area contributed by atoms with Crippen LogP contribution < -0.4 is 22.5 Å². The van der Waals surface area contributed by atoms with Crippen LogP contribution in [0.4, 0.5) is 5.95 Å². The van der Waals surface area contributed by atoms with Crippen LogP contribution in [-0.4, -0.2) is 104 Å². The number of anilines is 1. The summed E-state index contributed by atoms with van der Waals surface area (Å²) in [5.74, 6) is -0.249. The van der Waals surface area contributed by atoms with E-state index < -0.39 is 86.9 Å². The Labute approximate surface area is 220 Å². The lowest BCUT2D eigenvalue weighted by Crippen LogP contribution is -2.37. The van der Waals surface area contributed by atoms with Crippen LogP contribution in [0.3, 0.4) is 0 Å². The number of ether oxygens (including phenoxy) is 2. The van der Waals surface area contributed by atoms with E-state index in [9.17, 15) is 44.3 Å². The van der Waals surface area contributed by atoms with Gasteiger partial charge in [0.1, 0.15) is 36.6 Å². The van der Waals surface area contributed by atoms with Crippen molar-refractivity contribution in [2.75, 3.05) is 18.9 Å². The van der Waals surface area contributed by atoms with Gasteiger partial charge in [-0.05, 0) is 0 Å². The Morgan fingerprint density at radius 1 is 1.05 bits per heavy atom. The van der Waals surface area contributed by atoms with Crippen molar-refractivity contribution in [2.24, 2.45) is 0 Å². The minimum atomic E-state index is -5.06. The van der Waals surface area contributed by atoms with E-state index in [0.29, 0.717) is 0 Å². The molecule has 21 heteroatoms. The minimum Gasteiger partial charge on any atom is -0.394 e. The number of aliphatic hydroxyl groups excluding tert-OH is 4. The van der Waals surface area contributed by atoms with Gasteiger partial charge in [0, 0.05) is 12.3 Å². The summed E-state index contributed by atoms with van der Waals surface area (Å²) in [5, 5.41) is 41.2. The summed E-state index contributed by atoms with van der Waals surface area (Å²) in [6, 6.07) is 0.985. The second-order valence-electron chi connectivity index (χ2n) is 8.91. The Bertz CT molecular complexity index is 1620. The fourth-order valence-electron chi connectivity index (χ4n) is 4.43. The number of nitrogen functional groups attached to an aromatic ring is 1. The second-order valence-corrected chi connectivity index (χ2v) is 10.3. The molecule has 0 radical (unpaired) electrons. The number of aromatic nitrogens is 6. The van der Waals surface area contributed by atoms with E-state index in [1.54, 1.807) is 0 Å². The summed E-state index contributed by atoms with van der Waals surface area (Å²) in [6.45, 7) is -1.59. The third-order valence-electron chi connectivity index (χ3n) is 6.33. The molecule has 0 bridgehead atoms. The molecule has 0 spiro atoms. The van der Waals surface area contributed by atoms with Gasteiger partial charge in [-0.15, -0.1) is 0 Å². The lowest BCUT2D eigenvalue weighted by molar-refractivity contribution is -0.0610. The van der Waals surface area contributed by atoms with Crippen molar-refractivity contribution in [3.63, 3.8) is 0 Å². The molecule has 2 aliphatic rings. The molecule has 40 heavy (non-hydrogen) atoms. The highest BCUT2D eigenvalue weighted by molar-refractivity contribution is 7.47. The lowest BCUT2D eigenvalue weighted by Gasteiger charge is -2.23. The molecule has 5 heterocycles. The van der Waals surface area contributed by atoms with Gasteiger partial charge in [0.2, 0.25) is 5.95 Å². The fraction of sp³-hybridized carbons (Fsp3) is 0.526. The van der Waals surface area contributed by atoms with Crippen LogP contribution in [0.25, 0.3) is 11.2 Å². The van der Waals surface area contributed by atoms with Crippen molar-refractivity contribution in [2.45, 2.75) is 49.1 Å². The highest BCUT2D eigenvalue weighted by Crippen LogP contribution is 2.49. The Balaban J connectivity index is 1.28. The predicted octanol–water partition coefficient (Wildman–Crippen LogP) is -4.38. The van der Waals surface area contributed by atoms with Crippen molar-refractivity contribution in [1.82, 2.24) is 29.1 Å². The molecule has 3 aromatic heterocycles. The van der Waals surface area contributed by atoms with Crippen LogP contribution in [0.15, 0.2) is 33.0 Å². The zero-order valence-electron chi connectivity index (χ0n) is 20.1. The quantitative estimate of drug-likeness (QED) is 0.115. The van der Waals surface area contributed by atoms with Crippen molar-refractivity contribution < 1.29 is 48.4 Å². The molecule has 0 aliphatic carbocycles. The average Bonchev–Trinajstić information content (AvgIpc) is 3.53. The first-order valence-electron chi connectivity index (χ1n) is 11.6. The maximum absolute atomic E-state index is 12.7. The summed E-state index contributed by atoms with van der Waals surface area (Å²) in [6.07, 6.45) is -10.2. The van der Waals surface area contributed by atoms with Gasteiger partial charge in [-0.2, -0.15) is 4.98 Å². The summed E-state index contributed by atoms with van der Waals surface area (Å²) < 4.78 is 35.6. The summed E-state index contributed by atoms with van der Waals surface area (Å²) in [4.78, 5) is 57.7. The molecule has 0 amide bonds. The molecule has 20 nitrogen and oxygen atoms in total. The molecule has 1 unspecified atom stereocenters. The number of rotatable bonds is 8. The number of hydrogen-bond acceptors (Lipinski definition) is 15. The number of aliphatic hydroxyl groups is 4. The normalized spacial score (nSPS) is 32.0. The predicted molar refractivity (Wildman–Crippen MR) is 127 cm³/mol. The van der Waals surface area contributed by atoms with E-state index in [1.165, 1.54) is 0 Å². The third kappa shape index (κ3) is 5.12. The molecule has 0 aromatic carbocycles. The number of phosphoric acid groups is 1. The van der Waals surface area contributed by atoms with Gasteiger partial charge < -0.3 is 40.5 Å². The molecule has 9 atom stereocenters. The Morgan fingerprint density at radius 2 is 1.75 bits per heavy atom. The topological polar surface area (TPSA) is 300 Å². The first-order chi connectivity index (χ1) is 18.9. The van der Waals surface area contributed by atoms with E-state index >= 15 is 0 Å². The van der Waals surface area contributed by atoms with Crippen LogP contribution in [0.5, 0.6) is 0 Å². The molecule has 2 fully saturated rings. The fourth-order valence-corrected chi connectivity index (χ4v) is 5.40. The zero-order valence-corrected chi connectivity index (χ0v) is 21.0. The van der Waals surface area contributed by atoms with E-state index in [4.69, 9.17) is 24.3 Å². The number of imidazole rings is 1. The van der Waals surface area contributed by atoms with Crippen LogP contribution in [0.2, 0.25) is 0 Å². The summed E-state index contributed by atoms with van der Waals surface area (Å²) in [7, 11) is -5.06. The van der Waals surface area contributed by atoms with Crippen molar-refractivity contribution in [3.8, 4) is 0 Å². The largest absolute Gasteiger partial charge is 0.472 e. The maximum atomic E-state index is 12.7. The average molecular weight is 589 g/mol. The van der Waals surface area contributed by atoms with Crippen molar-refractivity contribution in [3.05, 3.63) is 49.8 Å². The Hall–Kier alpha value is -3.30. The number of H-pyrrole nitrogens is 2. The van der Waals surface area contributed by atoms with Gasteiger partial charge in [-0.3, -0.25) is 37.7 Å². The molecule has 3 aromatic rings. The van der Waals surface area contributed by atoms with Gasteiger partial charge >= 0.3 is 13.5 Å². The number of nitrogens with zero attached hydrogens (tertiary/aromatic N) is 4. The molecule has 218 valence electrons. The molecular weight excluding hydrogens is 565 g/mol. The number of phosphoric ester groups is 1. The Kier molecular flexibility index (Phi) is 7.48. The number of hydrogen-bond donors (Lipinski definition) is 8. The summed E-state index contributed by atoms with van der Waals surface area (Å²) >= 11 is 0. The second kappa shape index (κ2) is 10.6.